The first-order valence-corrected chi connectivity index (χ1v) is 10.1. The van der Waals surface area contributed by atoms with E-state index in [1.165, 1.54) is 25.3 Å². The van der Waals surface area contributed by atoms with E-state index in [1.54, 1.807) is 43.3 Å². The van der Waals surface area contributed by atoms with Gasteiger partial charge in [0.25, 0.3) is 11.8 Å². The Kier molecular flexibility index (Phi) is 6.47. The summed E-state index contributed by atoms with van der Waals surface area (Å²) in [5.41, 5.74) is 3.65. The summed E-state index contributed by atoms with van der Waals surface area (Å²) >= 11 is 7.03. The van der Waals surface area contributed by atoms with Gasteiger partial charge in [0.15, 0.2) is 0 Å². The Morgan fingerprint density at radius 3 is 2.45 bits per heavy atom. The van der Waals surface area contributed by atoms with Crippen LogP contribution in [0.5, 0.6) is 0 Å². The minimum Gasteiger partial charge on any atom is -0.321 e. The van der Waals surface area contributed by atoms with Gasteiger partial charge in [-0.15, -0.1) is 11.3 Å². The number of hydrogen-bond acceptors (Lipinski definition) is 7. The highest BCUT2D eigenvalue weighted by Gasteiger charge is 2.29. The van der Waals surface area contributed by atoms with Gasteiger partial charge < -0.3 is 5.32 Å². The summed E-state index contributed by atoms with van der Waals surface area (Å²) < 4.78 is 1.67. The molecule has 0 spiro atoms. The van der Waals surface area contributed by atoms with Crippen molar-refractivity contribution in [3.8, 4) is 0 Å². The number of benzene rings is 1. The Bertz CT molecular complexity index is 1200. The van der Waals surface area contributed by atoms with Gasteiger partial charge in [-0.25, -0.2) is 5.43 Å². The highest BCUT2D eigenvalue weighted by atomic mass is 35.5. The van der Waals surface area contributed by atoms with Crippen molar-refractivity contribution in [2.45, 2.75) is 13.8 Å². The predicted octanol–water partition coefficient (Wildman–Crippen LogP) is 3.76. The molecule has 0 aliphatic carbocycles. The number of nitrogens with one attached hydrogen (secondary N) is 2. The number of thiophene rings is 1. The molecule has 1 aromatic carbocycles. The van der Waals surface area contributed by atoms with Gasteiger partial charge in [-0.05, 0) is 43.7 Å². The molecule has 0 bridgehead atoms. The van der Waals surface area contributed by atoms with Gasteiger partial charge in [-0.2, -0.15) is 10.2 Å². The van der Waals surface area contributed by atoms with E-state index < -0.39 is 10.8 Å². The van der Waals surface area contributed by atoms with Gasteiger partial charge in [0.05, 0.1) is 19.8 Å². The second-order valence-corrected chi connectivity index (χ2v) is 8.15. The van der Waals surface area contributed by atoms with E-state index in [4.69, 9.17) is 11.6 Å². The van der Waals surface area contributed by atoms with Gasteiger partial charge >= 0.3 is 5.69 Å². The number of carbonyl (C=O) groups is 2. The molecule has 3 aromatic rings. The topological polar surface area (TPSA) is 132 Å². The van der Waals surface area contributed by atoms with Gasteiger partial charge in [0.1, 0.15) is 5.69 Å². The first-order valence-electron chi connectivity index (χ1n) is 8.87. The number of nitro groups is 1. The van der Waals surface area contributed by atoms with Crippen LogP contribution >= 0.6 is 22.9 Å². The molecule has 31 heavy (non-hydrogen) atoms. The van der Waals surface area contributed by atoms with Crippen molar-refractivity contribution in [1.82, 2.24) is 15.2 Å². The van der Waals surface area contributed by atoms with E-state index in [0.29, 0.717) is 26.2 Å². The van der Waals surface area contributed by atoms with Crippen molar-refractivity contribution in [1.29, 1.82) is 0 Å². The standard InChI is InChI=1S/C19H17ClN6O4S/c1-10(22-23-19(28)17-16(26(29)30)11(2)24-25(17)3)12-4-6-13(7-5-12)21-18(27)14-8-9-15(20)31-14/h4-9H,1-3H3,(H,21,27)(H,23,28). The average molecular weight is 461 g/mol. The van der Waals surface area contributed by atoms with Crippen LogP contribution < -0.4 is 10.7 Å². The zero-order chi connectivity index (χ0) is 22.7. The van der Waals surface area contributed by atoms with Crippen LogP contribution in [0.25, 0.3) is 0 Å². The largest absolute Gasteiger partial charge is 0.322 e. The molecular formula is C19H17ClN6O4S. The van der Waals surface area contributed by atoms with E-state index in [0.717, 1.165) is 4.68 Å². The fourth-order valence-electron chi connectivity index (χ4n) is 2.80. The number of hydrazone groups is 1. The first-order chi connectivity index (χ1) is 14.7. The van der Waals surface area contributed by atoms with Crippen molar-refractivity contribution >= 4 is 51.8 Å². The Labute approximate surface area is 185 Å². The molecule has 12 heteroatoms. The van der Waals surface area contributed by atoms with Crippen molar-refractivity contribution in [3.05, 3.63) is 72.7 Å². The van der Waals surface area contributed by atoms with Gasteiger partial charge in [-0.1, -0.05) is 23.7 Å². The second kappa shape index (κ2) is 9.06. The molecule has 0 unspecified atom stereocenters. The van der Waals surface area contributed by atoms with Crippen molar-refractivity contribution in [2.24, 2.45) is 12.1 Å². The first kappa shape index (κ1) is 22.1. The number of rotatable bonds is 6. The lowest BCUT2D eigenvalue weighted by atomic mass is 10.1. The van der Waals surface area contributed by atoms with E-state index in [9.17, 15) is 19.7 Å². The van der Waals surface area contributed by atoms with Gasteiger partial charge in [0.2, 0.25) is 5.69 Å². The molecule has 0 saturated heterocycles. The molecule has 0 fully saturated rings. The van der Waals surface area contributed by atoms with Crippen LogP contribution in [0.15, 0.2) is 41.5 Å². The molecular weight excluding hydrogens is 444 g/mol. The molecule has 0 radical (unpaired) electrons. The summed E-state index contributed by atoms with van der Waals surface area (Å²) in [5.74, 6) is -1.01. The normalized spacial score (nSPS) is 11.3. The predicted molar refractivity (Wildman–Crippen MR) is 118 cm³/mol. The van der Waals surface area contributed by atoms with Crippen LogP contribution in [0.4, 0.5) is 11.4 Å². The lowest BCUT2D eigenvalue weighted by molar-refractivity contribution is -0.385. The monoisotopic (exact) mass is 460 g/mol. The van der Waals surface area contributed by atoms with E-state index in [2.05, 4.69) is 20.9 Å². The summed E-state index contributed by atoms with van der Waals surface area (Å²) in [6, 6.07) is 10.1. The summed E-state index contributed by atoms with van der Waals surface area (Å²) in [7, 11) is 1.45. The number of hydrogen-bond donors (Lipinski definition) is 2. The molecule has 0 aliphatic rings. The van der Waals surface area contributed by atoms with Crippen molar-refractivity contribution in [2.75, 3.05) is 5.32 Å². The molecule has 0 saturated carbocycles. The Morgan fingerprint density at radius 1 is 1.19 bits per heavy atom. The summed E-state index contributed by atoms with van der Waals surface area (Å²) in [6.07, 6.45) is 0. The van der Waals surface area contributed by atoms with Gasteiger partial charge in [0, 0.05) is 12.7 Å². The molecule has 2 N–H and O–H groups in total. The number of carbonyl (C=O) groups excluding carboxylic acids is 2. The quantitative estimate of drug-likeness (QED) is 0.328. The minimum atomic E-state index is -0.743. The maximum atomic E-state index is 12.4. The number of aromatic nitrogens is 2. The van der Waals surface area contributed by atoms with Crippen LogP contribution in [0.1, 0.15) is 38.3 Å². The van der Waals surface area contributed by atoms with Gasteiger partial charge in [-0.3, -0.25) is 24.4 Å². The number of halogens is 1. The third-order valence-corrected chi connectivity index (χ3v) is 5.50. The van der Waals surface area contributed by atoms with Crippen LogP contribution in [-0.4, -0.2) is 32.2 Å². The maximum absolute atomic E-state index is 12.4. The molecule has 0 aliphatic heterocycles. The Hall–Kier alpha value is -3.57. The molecule has 2 heterocycles. The summed E-state index contributed by atoms with van der Waals surface area (Å²) in [6.45, 7) is 3.13. The average Bonchev–Trinajstić information content (AvgIpc) is 3.28. The Morgan fingerprint density at radius 2 is 1.87 bits per heavy atom. The lowest BCUT2D eigenvalue weighted by Crippen LogP contribution is -2.23. The van der Waals surface area contributed by atoms with E-state index in [1.807, 2.05) is 0 Å². The SMILES string of the molecule is CC(=NNC(=O)c1c([N+](=O)[O-])c(C)nn1C)c1ccc(NC(=O)c2ccc(Cl)s2)cc1. The number of aryl methyl sites for hydroxylation is 2. The molecule has 2 amide bonds. The number of amides is 2. The smallest absolute Gasteiger partial charge is 0.321 e. The second-order valence-electron chi connectivity index (χ2n) is 6.44. The third kappa shape index (κ3) is 4.95. The maximum Gasteiger partial charge on any atom is 0.322 e. The highest BCUT2D eigenvalue weighted by molar-refractivity contribution is 7.18. The molecule has 10 nitrogen and oxygen atoms in total. The van der Waals surface area contributed by atoms with Crippen LogP contribution in [-0.2, 0) is 7.05 Å². The third-order valence-electron chi connectivity index (χ3n) is 4.27. The highest BCUT2D eigenvalue weighted by Crippen LogP contribution is 2.23. The van der Waals surface area contributed by atoms with Crippen LogP contribution in [0.2, 0.25) is 4.34 Å². The number of anilines is 1. The van der Waals surface area contributed by atoms with Crippen LogP contribution in [0, 0.1) is 17.0 Å². The van der Waals surface area contributed by atoms with Crippen LogP contribution in [0.3, 0.4) is 0 Å². The number of nitrogens with zero attached hydrogens (tertiary/aromatic N) is 4. The molecule has 160 valence electrons. The van der Waals surface area contributed by atoms with Crippen molar-refractivity contribution < 1.29 is 14.5 Å². The minimum absolute atomic E-state index is 0.140. The lowest BCUT2D eigenvalue weighted by Gasteiger charge is -2.06. The molecule has 2 aromatic heterocycles. The molecule has 3 rings (SSSR count). The fourth-order valence-corrected chi connectivity index (χ4v) is 3.73. The van der Waals surface area contributed by atoms with Crippen molar-refractivity contribution in [3.63, 3.8) is 0 Å². The summed E-state index contributed by atoms with van der Waals surface area (Å²) in [5, 5.41) is 21.9. The Balaban J connectivity index is 1.69. The molecule has 0 atom stereocenters. The zero-order valence-electron chi connectivity index (χ0n) is 16.7. The van der Waals surface area contributed by atoms with E-state index >= 15 is 0 Å². The fraction of sp³-hybridized carbons (Fsp3) is 0.158. The zero-order valence-corrected chi connectivity index (χ0v) is 18.2. The summed E-state index contributed by atoms with van der Waals surface area (Å²) in [4.78, 5) is 35.7. The van der Waals surface area contributed by atoms with E-state index in [-0.39, 0.29) is 23.0 Å².